The van der Waals surface area contributed by atoms with Crippen molar-refractivity contribution < 1.29 is 4.79 Å². The molecule has 0 heterocycles. The third-order valence-corrected chi connectivity index (χ3v) is 4.39. The average molecular weight is 264 g/mol. The van der Waals surface area contributed by atoms with Crippen LogP contribution in [0.3, 0.4) is 0 Å². The summed E-state index contributed by atoms with van der Waals surface area (Å²) in [5.74, 6) is 1.50. The van der Waals surface area contributed by atoms with Gasteiger partial charge in [0.2, 0.25) is 0 Å². The number of carbonyl (C=O) groups excluding carboxylic acids is 1. The van der Waals surface area contributed by atoms with E-state index >= 15 is 0 Å². The Balaban J connectivity index is 2.19. The maximum absolute atomic E-state index is 11.7. The highest BCUT2D eigenvalue weighted by Crippen LogP contribution is 2.46. The Kier molecular flexibility index (Phi) is 4.53. The standard InChI is InChI=1S/C14H20N2OS/c1-2-10-18-16(14(15)17)13(12-8-9-12)11-6-4-3-5-7-11/h3-7,12-13H,2,8-10H2,1H3,(H2,15,17). The van der Waals surface area contributed by atoms with E-state index in [1.165, 1.54) is 18.4 Å². The molecule has 1 aromatic carbocycles. The third kappa shape index (κ3) is 3.19. The van der Waals surface area contributed by atoms with Gasteiger partial charge >= 0.3 is 6.03 Å². The van der Waals surface area contributed by atoms with Crippen LogP contribution < -0.4 is 5.73 Å². The molecule has 3 nitrogen and oxygen atoms in total. The first-order chi connectivity index (χ1) is 8.74. The second kappa shape index (κ2) is 6.14. The van der Waals surface area contributed by atoms with Gasteiger partial charge in [0.15, 0.2) is 0 Å². The molecular weight excluding hydrogens is 244 g/mol. The minimum Gasteiger partial charge on any atom is -0.351 e. The summed E-state index contributed by atoms with van der Waals surface area (Å²) in [5, 5.41) is 0. The molecule has 1 aliphatic carbocycles. The van der Waals surface area contributed by atoms with Crippen LogP contribution in [0.15, 0.2) is 30.3 Å². The van der Waals surface area contributed by atoms with E-state index in [1.807, 2.05) is 18.2 Å². The molecule has 1 unspecified atom stereocenters. The van der Waals surface area contributed by atoms with E-state index in [0.29, 0.717) is 5.92 Å². The minimum atomic E-state index is -0.325. The van der Waals surface area contributed by atoms with Gasteiger partial charge in [-0.2, -0.15) is 0 Å². The van der Waals surface area contributed by atoms with Gasteiger partial charge in [-0.25, -0.2) is 4.79 Å². The number of nitrogens with two attached hydrogens (primary N) is 1. The summed E-state index contributed by atoms with van der Waals surface area (Å²) in [6.45, 7) is 2.11. The van der Waals surface area contributed by atoms with Crippen LogP contribution in [-0.4, -0.2) is 16.1 Å². The predicted octanol–water partition coefficient (Wildman–Crippen LogP) is 3.58. The lowest BCUT2D eigenvalue weighted by Crippen LogP contribution is -2.35. The van der Waals surface area contributed by atoms with Crippen molar-refractivity contribution in [2.24, 2.45) is 11.7 Å². The lowest BCUT2D eigenvalue weighted by atomic mass is 10.0. The SMILES string of the molecule is CCCSN(C(N)=O)C(c1ccccc1)C1CC1. The van der Waals surface area contributed by atoms with Gasteiger partial charge in [-0.1, -0.05) is 37.3 Å². The highest BCUT2D eigenvalue weighted by atomic mass is 32.2. The summed E-state index contributed by atoms with van der Waals surface area (Å²) in [7, 11) is 0. The maximum atomic E-state index is 11.7. The summed E-state index contributed by atoms with van der Waals surface area (Å²) in [4.78, 5) is 11.7. The van der Waals surface area contributed by atoms with E-state index in [-0.39, 0.29) is 12.1 Å². The van der Waals surface area contributed by atoms with Gasteiger partial charge in [-0.3, -0.25) is 4.31 Å². The molecule has 2 N–H and O–H groups in total. The summed E-state index contributed by atoms with van der Waals surface area (Å²) in [6.07, 6.45) is 3.42. The van der Waals surface area contributed by atoms with E-state index in [2.05, 4.69) is 19.1 Å². The quantitative estimate of drug-likeness (QED) is 0.798. The molecule has 1 atom stereocenters. The molecule has 1 aromatic rings. The van der Waals surface area contributed by atoms with Crippen molar-refractivity contribution in [2.45, 2.75) is 32.2 Å². The Morgan fingerprint density at radius 1 is 1.44 bits per heavy atom. The van der Waals surface area contributed by atoms with Crippen LogP contribution in [0.1, 0.15) is 37.8 Å². The van der Waals surface area contributed by atoms with Gasteiger partial charge in [0.1, 0.15) is 0 Å². The Hall–Kier alpha value is -1.16. The Morgan fingerprint density at radius 2 is 2.11 bits per heavy atom. The number of carbonyl (C=O) groups is 1. The van der Waals surface area contributed by atoms with E-state index < -0.39 is 0 Å². The highest BCUT2D eigenvalue weighted by Gasteiger charge is 2.38. The predicted molar refractivity (Wildman–Crippen MR) is 76.1 cm³/mol. The van der Waals surface area contributed by atoms with E-state index in [4.69, 9.17) is 5.73 Å². The monoisotopic (exact) mass is 264 g/mol. The molecule has 0 saturated heterocycles. The number of benzene rings is 1. The van der Waals surface area contributed by atoms with Crippen LogP contribution in [0.25, 0.3) is 0 Å². The minimum absolute atomic E-state index is 0.139. The molecule has 0 radical (unpaired) electrons. The van der Waals surface area contributed by atoms with Crippen LogP contribution in [0.5, 0.6) is 0 Å². The number of hydrogen-bond donors (Lipinski definition) is 1. The average Bonchev–Trinajstić information content (AvgIpc) is 3.19. The Morgan fingerprint density at radius 3 is 2.61 bits per heavy atom. The summed E-state index contributed by atoms with van der Waals surface area (Å²) < 4.78 is 1.77. The van der Waals surface area contributed by atoms with Crippen molar-refractivity contribution in [3.05, 3.63) is 35.9 Å². The molecule has 2 amide bonds. The molecule has 4 heteroatoms. The van der Waals surface area contributed by atoms with Gasteiger partial charge in [0, 0.05) is 5.75 Å². The fourth-order valence-corrected chi connectivity index (χ4v) is 3.09. The molecular formula is C14H20N2OS. The van der Waals surface area contributed by atoms with Crippen molar-refractivity contribution in [1.29, 1.82) is 0 Å². The number of primary amides is 1. The molecule has 98 valence electrons. The summed E-state index contributed by atoms with van der Waals surface area (Å²) >= 11 is 1.56. The van der Waals surface area contributed by atoms with Crippen molar-refractivity contribution in [3.8, 4) is 0 Å². The molecule has 1 saturated carbocycles. The topological polar surface area (TPSA) is 46.3 Å². The third-order valence-electron chi connectivity index (χ3n) is 3.11. The Bertz CT molecular complexity index is 392. The number of amides is 2. The fraction of sp³-hybridized carbons (Fsp3) is 0.500. The van der Waals surface area contributed by atoms with Crippen molar-refractivity contribution in [2.75, 3.05) is 5.75 Å². The van der Waals surface area contributed by atoms with Crippen LogP contribution in [0.4, 0.5) is 4.79 Å². The van der Waals surface area contributed by atoms with E-state index in [0.717, 1.165) is 12.2 Å². The van der Waals surface area contributed by atoms with Gasteiger partial charge in [-0.05, 0) is 42.7 Å². The van der Waals surface area contributed by atoms with Crippen molar-refractivity contribution >= 4 is 18.0 Å². The van der Waals surface area contributed by atoms with E-state index in [9.17, 15) is 4.79 Å². The lowest BCUT2D eigenvalue weighted by Gasteiger charge is -2.29. The first-order valence-corrected chi connectivity index (χ1v) is 7.44. The van der Waals surface area contributed by atoms with Crippen LogP contribution in [-0.2, 0) is 0 Å². The van der Waals surface area contributed by atoms with Crippen molar-refractivity contribution in [1.82, 2.24) is 4.31 Å². The molecule has 0 aliphatic heterocycles. The molecule has 18 heavy (non-hydrogen) atoms. The number of hydrogen-bond acceptors (Lipinski definition) is 2. The second-order valence-corrected chi connectivity index (χ2v) is 5.75. The van der Waals surface area contributed by atoms with Gasteiger partial charge < -0.3 is 5.73 Å². The van der Waals surface area contributed by atoms with Crippen molar-refractivity contribution in [3.63, 3.8) is 0 Å². The van der Waals surface area contributed by atoms with Gasteiger partial charge in [0.25, 0.3) is 0 Å². The zero-order valence-electron chi connectivity index (χ0n) is 10.7. The van der Waals surface area contributed by atoms with Crippen LogP contribution in [0, 0.1) is 5.92 Å². The molecule has 1 fully saturated rings. The van der Waals surface area contributed by atoms with Gasteiger partial charge in [-0.15, -0.1) is 0 Å². The van der Waals surface area contributed by atoms with Crippen LogP contribution >= 0.6 is 11.9 Å². The Labute approximate surface area is 113 Å². The number of rotatable bonds is 6. The van der Waals surface area contributed by atoms with Gasteiger partial charge in [0.05, 0.1) is 6.04 Å². The first-order valence-electron chi connectivity index (χ1n) is 6.50. The fourth-order valence-electron chi connectivity index (χ4n) is 2.13. The zero-order chi connectivity index (χ0) is 13.0. The highest BCUT2D eigenvalue weighted by molar-refractivity contribution is 7.97. The summed E-state index contributed by atoms with van der Waals surface area (Å²) in [5.41, 5.74) is 6.74. The van der Waals surface area contributed by atoms with E-state index in [1.54, 1.807) is 16.3 Å². The number of urea groups is 1. The second-order valence-electron chi connectivity index (χ2n) is 4.69. The zero-order valence-corrected chi connectivity index (χ0v) is 11.5. The molecule has 0 spiro atoms. The molecule has 2 rings (SSSR count). The largest absolute Gasteiger partial charge is 0.351 e. The first kappa shape index (κ1) is 13.3. The lowest BCUT2D eigenvalue weighted by molar-refractivity contribution is 0.221. The normalized spacial score (nSPS) is 16.3. The van der Waals surface area contributed by atoms with Crippen LogP contribution in [0.2, 0.25) is 0 Å². The summed E-state index contributed by atoms with van der Waals surface area (Å²) in [6, 6.07) is 10.0. The maximum Gasteiger partial charge on any atom is 0.325 e. The molecule has 0 aromatic heterocycles. The molecule has 1 aliphatic rings. The molecule has 0 bridgehead atoms. The number of nitrogens with zero attached hydrogens (tertiary/aromatic N) is 1. The smallest absolute Gasteiger partial charge is 0.325 e.